The molecule has 216 valence electrons. The number of hydrogen-bond donors (Lipinski definition) is 2. The maximum atomic E-state index is 13.8. The number of hydrogen-bond acceptors (Lipinski definition) is 10. The van der Waals surface area contributed by atoms with Crippen LogP contribution in [-0.2, 0) is 9.59 Å². The van der Waals surface area contributed by atoms with E-state index in [4.69, 9.17) is 10.5 Å². The number of nitriles is 1. The highest BCUT2D eigenvalue weighted by atomic mass is 32.2. The number of nitrogens with one attached hydrogen (secondary N) is 1. The molecular formula is C31H32N6O3S2. The van der Waals surface area contributed by atoms with Gasteiger partial charge in [-0.1, -0.05) is 67.3 Å². The molecule has 9 nitrogen and oxygen atoms in total. The number of aryl methyl sites for hydroxylation is 1. The number of carbonyl (C=O) groups excluding carboxylic acids is 2. The maximum absolute atomic E-state index is 13.8. The van der Waals surface area contributed by atoms with E-state index in [-0.39, 0.29) is 34.3 Å². The molecule has 11 heteroatoms. The van der Waals surface area contributed by atoms with Gasteiger partial charge in [-0.25, -0.2) is 0 Å². The first kappa shape index (κ1) is 29.4. The van der Waals surface area contributed by atoms with Gasteiger partial charge in [0.1, 0.15) is 11.6 Å². The minimum Gasteiger partial charge on any atom is -0.496 e. The molecule has 3 N–H and O–H groups in total. The summed E-state index contributed by atoms with van der Waals surface area (Å²) in [5.41, 5.74) is 11.5. The average Bonchev–Trinajstić information content (AvgIpc) is 3.41. The van der Waals surface area contributed by atoms with Crippen molar-refractivity contribution in [2.45, 2.75) is 50.8 Å². The number of anilines is 2. The van der Waals surface area contributed by atoms with E-state index in [9.17, 15) is 14.9 Å². The minimum atomic E-state index is -0.656. The SMILES string of the molecule is COc1ccccc1C1C(C#N)=C(N)N(c2nnc(SCC(=O)Nc3cccc(C)c3C)s2)C2=C1C(=O)CC(C)(C)C2. The van der Waals surface area contributed by atoms with Crippen molar-refractivity contribution in [1.82, 2.24) is 10.2 Å². The molecule has 0 saturated heterocycles. The van der Waals surface area contributed by atoms with Gasteiger partial charge in [-0.2, -0.15) is 5.26 Å². The highest BCUT2D eigenvalue weighted by molar-refractivity contribution is 8.01. The summed E-state index contributed by atoms with van der Waals surface area (Å²) in [6.45, 7) is 8.06. The fourth-order valence-electron chi connectivity index (χ4n) is 5.49. The number of aromatic nitrogens is 2. The van der Waals surface area contributed by atoms with Crippen LogP contribution >= 0.6 is 23.1 Å². The van der Waals surface area contributed by atoms with Crippen LogP contribution in [0.2, 0.25) is 0 Å². The zero-order valence-electron chi connectivity index (χ0n) is 24.1. The molecule has 1 amide bonds. The number of nitrogens with two attached hydrogens (primary N) is 1. The van der Waals surface area contributed by atoms with E-state index in [1.54, 1.807) is 12.0 Å². The number of methoxy groups -OCH3 is 1. The van der Waals surface area contributed by atoms with Gasteiger partial charge in [-0.05, 0) is 48.9 Å². The summed E-state index contributed by atoms with van der Waals surface area (Å²) in [6.07, 6.45) is 0.899. The second-order valence-electron chi connectivity index (χ2n) is 11.2. The van der Waals surface area contributed by atoms with Crippen molar-refractivity contribution in [2.75, 3.05) is 23.1 Å². The molecule has 2 heterocycles. The van der Waals surface area contributed by atoms with Gasteiger partial charge in [0.05, 0.1) is 30.4 Å². The number of rotatable bonds is 7. The molecule has 1 aromatic heterocycles. The van der Waals surface area contributed by atoms with Gasteiger partial charge in [0.15, 0.2) is 10.1 Å². The lowest BCUT2D eigenvalue weighted by Gasteiger charge is -2.42. The molecule has 1 aliphatic heterocycles. The van der Waals surface area contributed by atoms with E-state index in [0.29, 0.717) is 44.9 Å². The molecule has 42 heavy (non-hydrogen) atoms. The van der Waals surface area contributed by atoms with Crippen molar-refractivity contribution in [1.29, 1.82) is 5.26 Å². The second-order valence-corrected chi connectivity index (χ2v) is 13.3. The van der Waals surface area contributed by atoms with Crippen LogP contribution in [0.1, 0.15) is 49.3 Å². The van der Waals surface area contributed by atoms with Gasteiger partial charge in [0, 0.05) is 28.9 Å². The monoisotopic (exact) mass is 600 g/mol. The van der Waals surface area contributed by atoms with Crippen LogP contribution < -0.4 is 20.7 Å². The Balaban J connectivity index is 1.48. The molecule has 0 radical (unpaired) electrons. The summed E-state index contributed by atoms with van der Waals surface area (Å²) < 4.78 is 6.19. The van der Waals surface area contributed by atoms with Crippen molar-refractivity contribution in [3.63, 3.8) is 0 Å². The Hall–Kier alpha value is -4.14. The fourth-order valence-corrected chi connectivity index (χ4v) is 7.18. The quantitative estimate of drug-likeness (QED) is 0.321. The Kier molecular flexibility index (Phi) is 8.12. The first-order valence-electron chi connectivity index (χ1n) is 13.5. The van der Waals surface area contributed by atoms with Gasteiger partial charge >= 0.3 is 0 Å². The first-order chi connectivity index (χ1) is 20.0. The van der Waals surface area contributed by atoms with E-state index < -0.39 is 5.92 Å². The molecule has 0 bridgehead atoms. The van der Waals surface area contributed by atoms with Crippen molar-refractivity contribution < 1.29 is 14.3 Å². The number of para-hydroxylation sites is 1. The number of amides is 1. The van der Waals surface area contributed by atoms with Crippen LogP contribution in [0.5, 0.6) is 5.75 Å². The molecule has 5 rings (SSSR count). The zero-order chi connectivity index (χ0) is 30.2. The Bertz CT molecular complexity index is 1680. The Morgan fingerprint density at radius 1 is 1.21 bits per heavy atom. The number of Topliss-reactive ketones (excluding diaryl/α,β-unsaturated/α-hetero) is 1. The third-order valence-electron chi connectivity index (χ3n) is 7.62. The predicted molar refractivity (Wildman–Crippen MR) is 165 cm³/mol. The third-order valence-corrected chi connectivity index (χ3v) is 9.67. The summed E-state index contributed by atoms with van der Waals surface area (Å²) in [6, 6.07) is 15.5. The van der Waals surface area contributed by atoms with Crippen molar-refractivity contribution in [3.8, 4) is 11.8 Å². The average molecular weight is 601 g/mol. The molecule has 0 fully saturated rings. The van der Waals surface area contributed by atoms with E-state index in [2.05, 4.69) is 21.6 Å². The second kappa shape index (κ2) is 11.6. The highest BCUT2D eigenvalue weighted by Crippen LogP contribution is 2.52. The van der Waals surface area contributed by atoms with Crippen molar-refractivity contribution in [2.24, 2.45) is 11.1 Å². The molecule has 2 aliphatic rings. The summed E-state index contributed by atoms with van der Waals surface area (Å²) in [4.78, 5) is 28.2. The number of ketones is 1. The lowest BCUT2D eigenvalue weighted by atomic mass is 9.68. The van der Waals surface area contributed by atoms with Crippen molar-refractivity contribution >= 4 is 45.6 Å². The van der Waals surface area contributed by atoms with Crippen LogP contribution in [0.15, 0.2) is 69.5 Å². The number of benzene rings is 2. The minimum absolute atomic E-state index is 0.0374. The molecule has 1 unspecified atom stereocenters. The van der Waals surface area contributed by atoms with Gasteiger partial charge in [-0.3, -0.25) is 14.5 Å². The lowest BCUT2D eigenvalue weighted by molar-refractivity contribution is -0.118. The fraction of sp³-hybridized carbons (Fsp3) is 0.323. The normalized spacial score (nSPS) is 18.0. The molecule has 1 aliphatic carbocycles. The van der Waals surface area contributed by atoms with Gasteiger partial charge in [0.25, 0.3) is 0 Å². The van der Waals surface area contributed by atoms with Gasteiger partial charge in [0.2, 0.25) is 11.0 Å². The molecule has 0 saturated carbocycles. The summed E-state index contributed by atoms with van der Waals surface area (Å²) in [5.74, 6) is 0.0827. The first-order valence-corrected chi connectivity index (χ1v) is 15.3. The van der Waals surface area contributed by atoms with Crippen LogP contribution in [0.4, 0.5) is 10.8 Å². The number of carbonyl (C=O) groups is 2. The Labute approximate surface area is 253 Å². The molecular weight excluding hydrogens is 569 g/mol. The maximum Gasteiger partial charge on any atom is 0.234 e. The summed E-state index contributed by atoms with van der Waals surface area (Å²) in [7, 11) is 1.57. The largest absolute Gasteiger partial charge is 0.496 e. The Morgan fingerprint density at radius 2 is 1.98 bits per heavy atom. The van der Waals surface area contributed by atoms with E-state index >= 15 is 0 Å². The van der Waals surface area contributed by atoms with Crippen LogP contribution in [0, 0.1) is 30.6 Å². The van der Waals surface area contributed by atoms with E-state index in [1.807, 2.05) is 70.2 Å². The number of nitrogens with zero attached hydrogens (tertiary/aromatic N) is 4. The topological polar surface area (TPSA) is 134 Å². The molecule has 2 aromatic carbocycles. The van der Waals surface area contributed by atoms with Crippen LogP contribution in [-0.4, -0.2) is 34.8 Å². The zero-order valence-corrected chi connectivity index (χ0v) is 25.8. The molecule has 0 spiro atoms. The van der Waals surface area contributed by atoms with Gasteiger partial charge < -0.3 is 15.8 Å². The van der Waals surface area contributed by atoms with E-state index in [1.165, 1.54) is 23.1 Å². The van der Waals surface area contributed by atoms with Crippen molar-refractivity contribution in [3.05, 3.63) is 81.8 Å². The highest BCUT2D eigenvalue weighted by Gasteiger charge is 2.46. The molecule has 1 atom stereocenters. The lowest BCUT2D eigenvalue weighted by Crippen LogP contribution is -2.42. The van der Waals surface area contributed by atoms with Crippen LogP contribution in [0.25, 0.3) is 0 Å². The number of allylic oxidation sites excluding steroid dienone is 3. The summed E-state index contributed by atoms with van der Waals surface area (Å²) >= 11 is 2.53. The Morgan fingerprint density at radius 3 is 2.71 bits per heavy atom. The standard InChI is InChI=1S/C31H32N6O3S2/c1-17-9-8-11-21(18(17)2)34-25(39)16-41-30-36-35-29(42-30)37-22-13-31(3,4)14-23(38)27(22)26(20(15-32)28(37)33)19-10-6-7-12-24(19)40-5/h6-12,26H,13-14,16,33H2,1-5H3,(H,34,39). The molecule has 3 aromatic rings. The number of ether oxygens (including phenoxy) is 1. The number of thioether (sulfide) groups is 1. The van der Waals surface area contributed by atoms with Gasteiger partial charge in [-0.15, -0.1) is 10.2 Å². The summed E-state index contributed by atoms with van der Waals surface area (Å²) in [5, 5.41) is 22.4. The van der Waals surface area contributed by atoms with E-state index in [0.717, 1.165) is 16.8 Å². The van der Waals surface area contributed by atoms with Crippen LogP contribution in [0.3, 0.4) is 0 Å². The third kappa shape index (κ3) is 5.52. The smallest absolute Gasteiger partial charge is 0.234 e. The predicted octanol–water partition coefficient (Wildman–Crippen LogP) is 5.84.